The highest BCUT2D eigenvalue weighted by molar-refractivity contribution is 9.10. The fourth-order valence-corrected chi connectivity index (χ4v) is 2.04. The third kappa shape index (κ3) is 2.38. The van der Waals surface area contributed by atoms with Gasteiger partial charge in [-0.05, 0) is 24.1 Å². The van der Waals surface area contributed by atoms with Crippen LogP contribution >= 0.6 is 15.9 Å². The van der Waals surface area contributed by atoms with Crippen LogP contribution in [-0.4, -0.2) is 23.4 Å². The van der Waals surface area contributed by atoms with Gasteiger partial charge in [0.15, 0.2) is 0 Å². The van der Waals surface area contributed by atoms with E-state index in [2.05, 4.69) is 33.0 Å². The molecule has 1 fully saturated rings. The number of primary amides is 1. The lowest BCUT2D eigenvalue weighted by Gasteiger charge is -2.38. The molecule has 0 aliphatic carbocycles. The minimum Gasteiger partial charge on any atom is -0.368 e. The maximum atomic E-state index is 11.0. The summed E-state index contributed by atoms with van der Waals surface area (Å²) >= 11 is 3.39. The number of benzene rings is 1. The van der Waals surface area contributed by atoms with Gasteiger partial charge in [0.05, 0.1) is 6.04 Å². The van der Waals surface area contributed by atoms with Gasteiger partial charge in [0, 0.05) is 17.6 Å². The van der Waals surface area contributed by atoms with Crippen LogP contribution in [0.25, 0.3) is 0 Å². The number of amides is 1. The number of carbonyl (C=O) groups excluding carboxylic acids is 1. The first-order chi connectivity index (χ1) is 7.16. The van der Waals surface area contributed by atoms with Crippen molar-refractivity contribution in [3.63, 3.8) is 0 Å². The zero-order chi connectivity index (χ0) is 10.8. The number of carbonyl (C=O) groups is 1. The summed E-state index contributed by atoms with van der Waals surface area (Å²) in [4.78, 5) is 13.1. The van der Waals surface area contributed by atoms with E-state index >= 15 is 0 Å². The molecular weight excluding hydrogens is 256 g/mol. The number of nitrogens with zero attached hydrogens (tertiary/aromatic N) is 1. The molecule has 1 heterocycles. The van der Waals surface area contributed by atoms with Crippen LogP contribution in [-0.2, 0) is 11.3 Å². The Morgan fingerprint density at radius 3 is 2.60 bits per heavy atom. The highest BCUT2D eigenvalue weighted by Crippen LogP contribution is 2.20. The summed E-state index contributed by atoms with van der Waals surface area (Å²) in [5.41, 5.74) is 6.49. The highest BCUT2D eigenvalue weighted by Gasteiger charge is 2.31. The van der Waals surface area contributed by atoms with Gasteiger partial charge in [-0.25, -0.2) is 0 Å². The van der Waals surface area contributed by atoms with Crippen LogP contribution in [0.15, 0.2) is 28.7 Å². The Morgan fingerprint density at radius 1 is 1.47 bits per heavy atom. The molecule has 0 radical (unpaired) electrons. The van der Waals surface area contributed by atoms with Gasteiger partial charge < -0.3 is 5.73 Å². The fourth-order valence-electron chi connectivity index (χ4n) is 1.78. The molecule has 15 heavy (non-hydrogen) atoms. The average Bonchev–Trinajstić information content (AvgIpc) is 2.14. The molecule has 1 aliphatic rings. The summed E-state index contributed by atoms with van der Waals surface area (Å²) in [5.74, 6) is -0.210. The predicted octanol–water partition coefficient (Wildman–Crippen LogP) is 1.51. The second-order valence-corrected chi connectivity index (χ2v) is 4.72. The number of nitrogens with two attached hydrogens (primary N) is 1. The predicted molar refractivity (Wildman–Crippen MR) is 62.2 cm³/mol. The van der Waals surface area contributed by atoms with Gasteiger partial charge in [0.2, 0.25) is 5.91 Å². The molecule has 0 bridgehead atoms. The molecule has 80 valence electrons. The van der Waals surface area contributed by atoms with Gasteiger partial charge in [0.25, 0.3) is 0 Å². The minimum absolute atomic E-state index is 0.0614. The third-order valence-corrected chi connectivity index (χ3v) is 3.29. The third-order valence-electron chi connectivity index (χ3n) is 2.76. The zero-order valence-electron chi connectivity index (χ0n) is 8.32. The van der Waals surface area contributed by atoms with Crippen molar-refractivity contribution in [2.75, 3.05) is 6.54 Å². The molecule has 0 spiro atoms. The topological polar surface area (TPSA) is 46.3 Å². The number of halogens is 1. The number of hydrogen-bond acceptors (Lipinski definition) is 2. The quantitative estimate of drug-likeness (QED) is 0.904. The van der Waals surface area contributed by atoms with E-state index < -0.39 is 0 Å². The standard InChI is InChI=1S/C11H13BrN2O/c12-9-3-1-8(2-4-9)7-14-6-5-10(14)11(13)15/h1-4,10H,5-7H2,(H2,13,15). The number of likely N-dealkylation sites (tertiary alicyclic amines) is 1. The molecule has 4 heteroatoms. The molecule has 0 aromatic heterocycles. The van der Waals surface area contributed by atoms with Crippen molar-refractivity contribution >= 4 is 21.8 Å². The van der Waals surface area contributed by atoms with E-state index in [0.29, 0.717) is 0 Å². The summed E-state index contributed by atoms with van der Waals surface area (Å²) < 4.78 is 1.07. The Balaban J connectivity index is 1.97. The summed E-state index contributed by atoms with van der Waals surface area (Å²) in [6.45, 7) is 1.77. The van der Waals surface area contributed by atoms with Crippen molar-refractivity contribution < 1.29 is 4.79 Å². The second-order valence-electron chi connectivity index (χ2n) is 3.80. The first-order valence-corrected chi connectivity index (χ1v) is 5.74. The van der Waals surface area contributed by atoms with Gasteiger partial charge in [-0.3, -0.25) is 9.69 Å². The van der Waals surface area contributed by atoms with Gasteiger partial charge in [-0.2, -0.15) is 0 Å². The normalized spacial score (nSPS) is 21.0. The first-order valence-electron chi connectivity index (χ1n) is 4.94. The van der Waals surface area contributed by atoms with Crippen LogP contribution < -0.4 is 5.73 Å². The molecule has 2 rings (SSSR count). The van der Waals surface area contributed by atoms with E-state index in [1.807, 2.05) is 12.1 Å². The maximum Gasteiger partial charge on any atom is 0.234 e. The van der Waals surface area contributed by atoms with E-state index in [4.69, 9.17) is 5.73 Å². The molecule has 1 aromatic carbocycles. The van der Waals surface area contributed by atoms with Gasteiger partial charge in [0.1, 0.15) is 0 Å². The summed E-state index contributed by atoms with van der Waals surface area (Å²) in [5, 5.41) is 0. The molecule has 1 aliphatic heterocycles. The van der Waals surface area contributed by atoms with E-state index in [9.17, 15) is 4.79 Å². The molecule has 1 unspecified atom stereocenters. The highest BCUT2D eigenvalue weighted by atomic mass is 79.9. The van der Waals surface area contributed by atoms with Crippen molar-refractivity contribution in [1.29, 1.82) is 0 Å². The van der Waals surface area contributed by atoms with Gasteiger partial charge in [-0.1, -0.05) is 28.1 Å². The van der Waals surface area contributed by atoms with Crippen molar-refractivity contribution in [2.24, 2.45) is 5.73 Å². The summed E-state index contributed by atoms with van der Waals surface area (Å²) in [6.07, 6.45) is 0.895. The van der Waals surface area contributed by atoms with Crippen LogP contribution in [0.4, 0.5) is 0 Å². The van der Waals surface area contributed by atoms with Crippen molar-refractivity contribution in [3.8, 4) is 0 Å². The van der Waals surface area contributed by atoms with Crippen LogP contribution in [0.2, 0.25) is 0 Å². The molecule has 1 atom stereocenters. The Hall–Kier alpha value is -0.870. The fraction of sp³-hybridized carbons (Fsp3) is 0.364. The maximum absolute atomic E-state index is 11.0. The molecule has 1 saturated heterocycles. The van der Waals surface area contributed by atoms with Crippen molar-refractivity contribution in [2.45, 2.75) is 19.0 Å². The monoisotopic (exact) mass is 268 g/mol. The first kappa shape index (κ1) is 10.6. The van der Waals surface area contributed by atoms with E-state index in [1.165, 1.54) is 5.56 Å². The second kappa shape index (κ2) is 4.33. The molecule has 1 amide bonds. The van der Waals surface area contributed by atoms with Gasteiger partial charge in [-0.15, -0.1) is 0 Å². The Morgan fingerprint density at radius 2 is 2.13 bits per heavy atom. The number of hydrogen-bond donors (Lipinski definition) is 1. The van der Waals surface area contributed by atoms with Crippen LogP contribution in [0, 0.1) is 0 Å². The average molecular weight is 269 g/mol. The molecule has 3 nitrogen and oxygen atoms in total. The van der Waals surface area contributed by atoms with Crippen LogP contribution in [0.3, 0.4) is 0 Å². The molecule has 2 N–H and O–H groups in total. The molecule has 0 saturated carbocycles. The largest absolute Gasteiger partial charge is 0.368 e. The minimum atomic E-state index is -0.210. The van der Waals surface area contributed by atoms with Gasteiger partial charge >= 0.3 is 0 Å². The lowest BCUT2D eigenvalue weighted by atomic mass is 10.0. The lowest BCUT2D eigenvalue weighted by Crippen LogP contribution is -2.54. The summed E-state index contributed by atoms with van der Waals surface area (Å²) in [7, 11) is 0. The summed E-state index contributed by atoms with van der Waals surface area (Å²) in [6, 6.07) is 8.07. The Bertz CT molecular complexity index is 363. The smallest absolute Gasteiger partial charge is 0.234 e. The lowest BCUT2D eigenvalue weighted by molar-refractivity contribution is -0.127. The molecular formula is C11H13BrN2O. The van der Waals surface area contributed by atoms with E-state index in [1.54, 1.807) is 0 Å². The van der Waals surface area contributed by atoms with Crippen LogP contribution in [0.1, 0.15) is 12.0 Å². The van der Waals surface area contributed by atoms with Crippen molar-refractivity contribution in [1.82, 2.24) is 4.90 Å². The molecule has 1 aromatic rings. The zero-order valence-corrected chi connectivity index (χ0v) is 9.90. The Kier molecular flexibility index (Phi) is 3.07. The van der Waals surface area contributed by atoms with E-state index in [0.717, 1.165) is 24.0 Å². The number of rotatable bonds is 3. The SMILES string of the molecule is NC(=O)C1CCN1Cc1ccc(Br)cc1. The van der Waals surface area contributed by atoms with Crippen LogP contribution in [0.5, 0.6) is 0 Å². The Labute approximate surface area is 97.4 Å². The van der Waals surface area contributed by atoms with Crippen molar-refractivity contribution in [3.05, 3.63) is 34.3 Å². The van der Waals surface area contributed by atoms with E-state index in [-0.39, 0.29) is 11.9 Å².